The molecule has 0 bridgehead atoms. The second-order valence-electron chi connectivity index (χ2n) is 3.74. The summed E-state index contributed by atoms with van der Waals surface area (Å²) in [7, 11) is 0. The Kier molecular flexibility index (Phi) is 3.98. The van der Waals surface area contributed by atoms with E-state index in [0.717, 1.165) is 10.2 Å². The van der Waals surface area contributed by atoms with Crippen LogP contribution < -0.4 is 10.6 Å². The molecule has 0 spiro atoms. The predicted molar refractivity (Wildman–Crippen MR) is 74.2 cm³/mol. The average molecular weight is 285 g/mol. The number of rotatable bonds is 4. The molecule has 5 nitrogen and oxygen atoms in total. The molecule has 2 aromatic heterocycles. The smallest absolute Gasteiger partial charge is 0.242 e. The molecular formula is C11H13ClN4OS. The normalized spacial score (nSPS) is 12.4. The fraction of sp³-hybridized carbons (Fsp3) is 0.364. The summed E-state index contributed by atoms with van der Waals surface area (Å²) >= 11 is 7.36. The number of thiophene rings is 1. The van der Waals surface area contributed by atoms with Crippen LogP contribution in [0.2, 0.25) is 5.28 Å². The van der Waals surface area contributed by atoms with E-state index in [1.807, 2.05) is 18.4 Å². The number of hydrogen-bond donors (Lipinski definition) is 2. The van der Waals surface area contributed by atoms with Crippen molar-refractivity contribution in [2.24, 2.45) is 0 Å². The molecule has 0 aliphatic carbocycles. The van der Waals surface area contributed by atoms with Crippen LogP contribution in [0.1, 0.15) is 13.8 Å². The van der Waals surface area contributed by atoms with E-state index in [2.05, 4.69) is 20.6 Å². The number of fused-ring (bicyclic) bond motifs is 1. The third-order valence-electron chi connectivity index (χ3n) is 2.37. The number of aromatic nitrogens is 2. The van der Waals surface area contributed by atoms with E-state index < -0.39 is 0 Å². The first kappa shape index (κ1) is 13.0. The number of amides is 1. The maximum Gasteiger partial charge on any atom is 0.242 e. The molecule has 2 aromatic rings. The first-order chi connectivity index (χ1) is 8.61. The van der Waals surface area contributed by atoms with Gasteiger partial charge in [-0.2, -0.15) is 4.98 Å². The zero-order chi connectivity index (χ0) is 13.1. The van der Waals surface area contributed by atoms with Gasteiger partial charge in [-0.15, -0.1) is 11.3 Å². The molecular weight excluding hydrogens is 272 g/mol. The van der Waals surface area contributed by atoms with Gasteiger partial charge in [-0.3, -0.25) is 4.79 Å². The second-order valence-corrected chi connectivity index (χ2v) is 4.99. The highest BCUT2D eigenvalue weighted by atomic mass is 35.5. The molecule has 0 saturated heterocycles. The molecule has 1 amide bonds. The van der Waals surface area contributed by atoms with Crippen LogP contribution in [-0.4, -0.2) is 28.5 Å². The molecule has 0 fully saturated rings. The van der Waals surface area contributed by atoms with Gasteiger partial charge in [-0.05, 0) is 36.9 Å². The number of hydrogen-bond acceptors (Lipinski definition) is 5. The highest BCUT2D eigenvalue weighted by Crippen LogP contribution is 2.27. The Morgan fingerprint density at radius 1 is 1.56 bits per heavy atom. The number of nitrogens with zero attached hydrogens (tertiary/aromatic N) is 2. The van der Waals surface area contributed by atoms with E-state index in [4.69, 9.17) is 11.6 Å². The third kappa shape index (κ3) is 2.70. The van der Waals surface area contributed by atoms with Gasteiger partial charge < -0.3 is 10.6 Å². The van der Waals surface area contributed by atoms with Crippen molar-refractivity contribution in [1.29, 1.82) is 0 Å². The lowest BCUT2D eigenvalue weighted by Gasteiger charge is -2.14. The van der Waals surface area contributed by atoms with Crippen LogP contribution in [0.5, 0.6) is 0 Å². The first-order valence-corrected chi connectivity index (χ1v) is 6.82. The minimum atomic E-state index is -0.374. The molecule has 18 heavy (non-hydrogen) atoms. The van der Waals surface area contributed by atoms with E-state index in [1.165, 1.54) is 11.3 Å². The molecule has 0 aromatic carbocycles. The topological polar surface area (TPSA) is 66.9 Å². The summed E-state index contributed by atoms with van der Waals surface area (Å²) in [5.41, 5.74) is 0.783. The quantitative estimate of drug-likeness (QED) is 0.846. The molecule has 0 aliphatic heterocycles. The van der Waals surface area contributed by atoms with Crippen molar-refractivity contribution in [3.63, 3.8) is 0 Å². The highest BCUT2D eigenvalue weighted by molar-refractivity contribution is 7.17. The van der Waals surface area contributed by atoms with E-state index in [9.17, 15) is 4.79 Å². The number of carbonyl (C=O) groups excluding carboxylic acids is 1. The van der Waals surface area contributed by atoms with Gasteiger partial charge in [-0.25, -0.2) is 4.98 Å². The first-order valence-electron chi connectivity index (χ1n) is 5.56. The van der Waals surface area contributed by atoms with Crippen LogP contribution in [0.4, 0.5) is 5.82 Å². The van der Waals surface area contributed by atoms with Gasteiger partial charge in [0.2, 0.25) is 11.2 Å². The Bertz CT molecular complexity index is 571. The highest BCUT2D eigenvalue weighted by Gasteiger charge is 2.15. The van der Waals surface area contributed by atoms with Gasteiger partial charge in [0.25, 0.3) is 0 Å². The molecule has 96 valence electrons. The van der Waals surface area contributed by atoms with Crippen LogP contribution in [0.3, 0.4) is 0 Å². The summed E-state index contributed by atoms with van der Waals surface area (Å²) in [6, 6.07) is 1.50. The largest absolute Gasteiger partial charge is 0.357 e. The van der Waals surface area contributed by atoms with E-state index in [1.54, 1.807) is 6.92 Å². The van der Waals surface area contributed by atoms with Crippen molar-refractivity contribution in [1.82, 2.24) is 15.3 Å². The van der Waals surface area contributed by atoms with E-state index in [0.29, 0.717) is 12.4 Å². The maximum atomic E-state index is 11.7. The number of anilines is 1. The second kappa shape index (κ2) is 5.49. The molecule has 7 heteroatoms. The molecule has 0 saturated carbocycles. The van der Waals surface area contributed by atoms with Crippen molar-refractivity contribution in [3.05, 3.63) is 16.7 Å². The van der Waals surface area contributed by atoms with Gasteiger partial charge in [-0.1, -0.05) is 0 Å². The Hall–Kier alpha value is -1.40. The molecule has 2 heterocycles. The Morgan fingerprint density at radius 2 is 2.33 bits per heavy atom. The van der Waals surface area contributed by atoms with Gasteiger partial charge in [0.15, 0.2) is 0 Å². The van der Waals surface area contributed by atoms with Crippen LogP contribution >= 0.6 is 22.9 Å². The lowest BCUT2D eigenvalue weighted by atomic mass is 10.3. The van der Waals surface area contributed by atoms with Gasteiger partial charge in [0, 0.05) is 6.54 Å². The Labute approximate surface area is 114 Å². The third-order valence-corrected chi connectivity index (χ3v) is 3.45. The predicted octanol–water partition coefficient (Wildman–Crippen LogP) is 2.28. The van der Waals surface area contributed by atoms with Gasteiger partial charge in [0.1, 0.15) is 11.9 Å². The lowest BCUT2D eigenvalue weighted by molar-refractivity contribution is -0.121. The van der Waals surface area contributed by atoms with Gasteiger partial charge in [0.05, 0.1) is 10.2 Å². The van der Waals surface area contributed by atoms with Crippen LogP contribution in [0, 0.1) is 0 Å². The molecule has 1 atom stereocenters. The summed E-state index contributed by atoms with van der Waals surface area (Å²) in [5, 5.41) is 7.89. The minimum Gasteiger partial charge on any atom is -0.357 e. The molecule has 1 unspecified atom stereocenters. The molecule has 0 aliphatic rings. The lowest BCUT2D eigenvalue weighted by Crippen LogP contribution is -2.37. The zero-order valence-electron chi connectivity index (χ0n) is 10.0. The summed E-state index contributed by atoms with van der Waals surface area (Å²) in [5.74, 6) is 0.524. The number of carbonyl (C=O) groups is 1. The minimum absolute atomic E-state index is 0.0723. The fourth-order valence-electron chi connectivity index (χ4n) is 1.53. The van der Waals surface area contributed by atoms with Crippen molar-refractivity contribution in [2.75, 3.05) is 11.9 Å². The summed E-state index contributed by atoms with van der Waals surface area (Å²) in [4.78, 5) is 19.9. The Morgan fingerprint density at radius 3 is 3.06 bits per heavy atom. The molecule has 0 radical (unpaired) electrons. The maximum absolute atomic E-state index is 11.7. The summed E-state index contributed by atoms with van der Waals surface area (Å²) < 4.78 is 0.899. The summed E-state index contributed by atoms with van der Waals surface area (Å²) in [6.45, 7) is 4.26. The number of halogens is 1. The number of nitrogens with one attached hydrogen (secondary N) is 2. The van der Waals surface area contributed by atoms with Crippen molar-refractivity contribution < 1.29 is 4.79 Å². The SMILES string of the molecule is CCNC(=O)C(C)Nc1nc(Cl)nc2ccsc12. The van der Waals surface area contributed by atoms with Crippen molar-refractivity contribution >= 4 is 44.9 Å². The van der Waals surface area contributed by atoms with Crippen molar-refractivity contribution in [2.45, 2.75) is 19.9 Å². The number of likely N-dealkylation sites (N-methyl/N-ethyl adjacent to an activating group) is 1. The average Bonchev–Trinajstić information content (AvgIpc) is 2.77. The van der Waals surface area contributed by atoms with Gasteiger partial charge >= 0.3 is 0 Å². The van der Waals surface area contributed by atoms with E-state index >= 15 is 0 Å². The van der Waals surface area contributed by atoms with Crippen LogP contribution in [0.15, 0.2) is 11.4 Å². The van der Waals surface area contributed by atoms with Crippen LogP contribution in [0.25, 0.3) is 10.2 Å². The van der Waals surface area contributed by atoms with Crippen molar-refractivity contribution in [3.8, 4) is 0 Å². The van der Waals surface area contributed by atoms with Crippen LogP contribution in [-0.2, 0) is 4.79 Å². The monoisotopic (exact) mass is 284 g/mol. The standard InChI is InChI=1S/C11H13ClN4OS/c1-3-13-10(17)6(2)14-9-8-7(4-5-18-8)15-11(12)16-9/h4-6H,3H2,1-2H3,(H,13,17)(H,14,15,16). The zero-order valence-corrected chi connectivity index (χ0v) is 11.6. The summed E-state index contributed by atoms with van der Waals surface area (Å²) in [6.07, 6.45) is 0. The molecule has 2 rings (SSSR count). The molecule has 2 N–H and O–H groups in total. The van der Waals surface area contributed by atoms with E-state index in [-0.39, 0.29) is 17.2 Å². The Balaban J connectivity index is 2.25. The fourth-order valence-corrected chi connectivity index (χ4v) is 2.49.